The molecule has 1 aromatic carbocycles. The number of rotatable bonds is 6. The number of amides is 1. The highest BCUT2D eigenvalue weighted by molar-refractivity contribution is 5.76. The van der Waals surface area contributed by atoms with Crippen molar-refractivity contribution in [2.24, 2.45) is 0 Å². The third-order valence-electron chi connectivity index (χ3n) is 5.00. The summed E-state index contributed by atoms with van der Waals surface area (Å²) in [5.74, 6) is 1.07. The van der Waals surface area contributed by atoms with E-state index >= 15 is 0 Å². The minimum Gasteiger partial charge on any atom is -0.361 e. The predicted molar refractivity (Wildman–Crippen MR) is 97.2 cm³/mol. The number of piperidine rings is 1. The summed E-state index contributed by atoms with van der Waals surface area (Å²) in [6.45, 7) is 6.83. The Morgan fingerprint density at radius 1 is 1.24 bits per heavy atom. The number of likely N-dealkylation sites (tertiary alicyclic amines) is 1. The molecule has 1 saturated heterocycles. The van der Waals surface area contributed by atoms with Crippen molar-refractivity contribution in [3.8, 4) is 0 Å². The van der Waals surface area contributed by atoms with Crippen molar-refractivity contribution in [1.82, 2.24) is 15.4 Å². The summed E-state index contributed by atoms with van der Waals surface area (Å²) in [6, 6.07) is 10.5. The number of hydrogen-bond acceptors (Lipinski definition) is 4. The summed E-state index contributed by atoms with van der Waals surface area (Å²) in [6.07, 6.45) is 3.36. The molecule has 2 aromatic rings. The van der Waals surface area contributed by atoms with Crippen LogP contribution in [-0.4, -0.2) is 35.1 Å². The molecule has 0 bridgehead atoms. The first kappa shape index (κ1) is 17.7. The second-order valence-corrected chi connectivity index (χ2v) is 6.91. The van der Waals surface area contributed by atoms with Crippen molar-refractivity contribution >= 4 is 5.91 Å². The molecule has 1 fully saturated rings. The molecule has 1 amide bonds. The van der Waals surface area contributed by atoms with E-state index in [0.29, 0.717) is 12.5 Å². The molecule has 1 N–H and O–H groups in total. The van der Waals surface area contributed by atoms with Crippen LogP contribution in [-0.2, 0) is 17.8 Å². The maximum atomic E-state index is 12.2. The lowest BCUT2D eigenvalue weighted by Gasteiger charge is -2.32. The molecule has 0 atom stereocenters. The Kier molecular flexibility index (Phi) is 5.87. The highest BCUT2D eigenvalue weighted by atomic mass is 16.5. The maximum absolute atomic E-state index is 12.2. The number of carbonyl (C=O) groups excluding carboxylic acids is 1. The Hall–Kier alpha value is -2.14. The summed E-state index contributed by atoms with van der Waals surface area (Å²) >= 11 is 0. The van der Waals surface area contributed by atoms with Gasteiger partial charge in [0.2, 0.25) is 5.91 Å². The number of aryl methyl sites for hydroxylation is 3. The second-order valence-electron chi connectivity index (χ2n) is 6.91. The molecule has 0 radical (unpaired) electrons. The van der Waals surface area contributed by atoms with Crippen LogP contribution >= 0.6 is 0 Å². The molecule has 2 heterocycles. The Labute approximate surface area is 149 Å². The molecule has 134 valence electrons. The van der Waals surface area contributed by atoms with Gasteiger partial charge in [-0.2, -0.15) is 0 Å². The third kappa shape index (κ3) is 4.92. The lowest BCUT2D eigenvalue weighted by Crippen LogP contribution is -2.44. The molecule has 0 saturated carbocycles. The lowest BCUT2D eigenvalue weighted by atomic mass is 10.0. The molecule has 0 aliphatic carbocycles. The van der Waals surface area contributed by atoms with Gasteiger partial charge in [-0.1, -0.05) is 35.5 Å². The van der Waals surface area contributed by atoms with Gasteiger partial charge in [0.25, 0.3) is 0 Å². The van der Waals surface area contributed by atoms with Crippen LogP contribution < -0.4 is 5.32 Å². The Morgan fingerprint density at radius 2 is 1.96 bits per heavy atom. The van der Waals surface area contributed by atoms with Crippen LogP contribution in [0.3, 0.4) is 0 Å². The number of nitrogens with one attached hydrogen (secondary N) is 1. The topological polar surface area (TPSA) is 58.4 Å². The van der Waals surface area contributed by atoms with E-state index in [9.17, 15) is 4.79 Å². The SMILES string of the molecule is Cc1noc(C)c1CN1CCC(NC(=O)CCc2ccccc2)CC1. The maximum Gasteiger partial charge on any atom is 0.220 e. The van der Waals surface area contributed by atoms with Gasteiger partial charge in [0.1, 0.15) is 5.76 Å². The van der Waals surface area contributed by atoms with Gasteiger partial charge in [0, 0.05) is 37.7 Å². The van der Waals surface area contributed by atoms with Crippen molar-refractivity contribution in [2.75, 3.05) is 13.1 Å². The Bertz CT molecular complexity index is 669. The van der Waals surface area contributed by atoms with E-state index in [1.165, 1.54) is 11.1 Å². The summed E-state index contributed by atoms with van der Waals surface area (Å²) < 4.78 is 5.24. The second kappa shape index (κ2) is 8.30. The van der Waals surface area contributed by atoms with E-state index in [4.69, 9.17) is 4.52 Å². The fourth-order valence-electron chi connectivity index (χ4n) is 3.39. The summed E-state index contributed by atoms with van der Waals surface area (Å²) in [5.41, 5.74) is 3.39. The van der Waals surface area contributed by atoms with Crippen LogP contribution in [0.4, 0.5) is 0 Å². The van der Waals surface area contributed by atoms with Crippen molar-refractivity contribution in [1.29, 1.82) is 0 Å². The molecule has 5 heteroatoms. The van der Waals surface area contributed by atoms with Crippen LogP contribution in [0.15, 0.2) is 34.9 Å². The standard InChI is InChI=1S/C20H27N3O2/c1-15-19(16(2)25-22-15)14-23-12-10-18(11-13-23)21-20(24)9-8-17-6-4-3-5-7-17/h3-7,18H,8-14H2,1-2H3,(H,21,24). The molecule has 0 unspecified atom stereocenters. The van der Waals surface area contributed by atoms with Crippen LogP contribution in [0, 0.1) is 13.8 Å². The molecule has 1 aliphatic heterocycles. The zero-order chi connectivity index (χ0) is 17.6. The largest absolute Gasteiger partial charge is 0.361 e. The summed E-state index contributed by atoms with van der Waals surface area (Å²) in [5, 5.41) is 7.22. The fraction of sp³-hybridized carbons (Fsp3) is 0.500. The number of nitrogens with zero attached hydrogens (tertiary/aromatic N) is 2. The van der Waals surface area contributed by atoms with Gasteiger partial charge < -0.3 is 9.84 Å². The van der Waals surface area contributed by atoms with E-state index < -0.39 is 0 Å². The Morgan fingerprint density at radius 3 is 2.60 bits per heavy atom. The van der Waals surface area contributed by atoms with Gasteiger partial charge >= 0.3 is 0 Å². The van der Waals surface area contributed by atoms with E-state index in [-0.39, 0.29) is 5.91 Å². The smallest absolute Gasteiger partial charge is 0.220 e. The number of benzene rings is 1. The molecule has 1 aromatic heterocycles. The molecular weight excluding hydrogens is 314 g/mol. The van der Waals surface area contributed by atoms with Gasteiger partial charge in [0.15, 0.2) is 0 Å². The van der Waals surface area contributed by atoms with Gasteiger partial charge in [-0.15, -0.1) is 0 Å². The first-order valence-corrected chi connectivity index (χ1v) is 9.09. The first-order valence-electron chi connectivity index (χ1n) is 9.09. The summed E-state index contributed by atoms with van der Waals surface area (Å²) in [4.78, 5) is 14.6. The van der Waals surface area contributed by atoms with Crippen LogP contribution in [0.25, 0.3) is 0 Å². The molecule has 0 spiro atoms. The van der Waals surface area contributed by atoms with Gasteiger partial charge in [-0.25, -0.2) is 0 Å². The fourth-order valence-corrected chi connectivity index (χ4v) is 3.39. The molecule has 1 aliphatic rings. The summed E-state index contributed by atoms with van der Waals surface area (Å²) in [7, 11) is 0. The predicted octanol–water partition coefficient (Wildman–Crippen LogP) is 3.00. The molecule has 3 rings (SSSR count). The molecule has 25 heavy (non-hydrogen) atoms. The highest BCUT2D eigenvalue weighted by Crippen LogP contribution is 2.18. The van der Waals surface area contributed by atoms with Crippen LogP contribution in [0.5, 0.6) is 0 Å². The average molecular weight is 341 g/mol. The normalized spacial score (nSPS) is 16.1. The average Bonchev–Trinajstić information content (AvgIpc) is 2.94. The quantitative estimate of drug-likeness (QED) is 0.877. The zero-order valence-electron chi connectivity index (χ0n) is 15.1. The lowest BCUT2D eigenvalue weighted by molar-refractivity contribution is -0.122. The molecule has 5 nitrogen and oxygen atoms in total. The number of hydrogen-bond donors (Lipinski definition) is 1. The monoisotopic (exact) mass is 341 g/mol. The first-order chi connectivity index (χ1) is 12.1. The van der Waals surface area contributed by atoms with Crippen molar-refractivity contribution < 1.29 is 9.32 Å². The molecular formula is C20H27N3O2. The van der Waals surface area contributed by atoms with E-state index in [2.05, 4.69) is 27.5 Å². The van der Waals surface area contributed by atoms with Gasteiger partial charge in [-0.05, 0) is 38.7 Å². The zero-order valence-corrected chi connectivity index (χ0v) is 15.1. The van der Waals surface area contributed by atoms with E-state index in [1.807, 2.05) is 32.0 Å². The highest BCUT2D eigenvalue weighted by Gasteiger charge is 2.22. The van der Waals surface area contributed by atoms with E-state index in [1.54, 1.807) is 0 Å². The van der Waals surface area contributed by atoms with Crippen LogP contribution in [0.2, 0.25) is 0 Å². The number of carbonyl (C=O) groups is 1. The van der Waals surface area contributed by atoms with Crippen molar-refractivity contribution in [3.63, 3.8) is 0 Å². The van der Waals surface area contributed by atoms with Crippen molar-refractivity contribution in [2.45, 2.75) is 52.1 Å². The van der Waals surface area contributed by atoms with Gasteiger partial charge in [0.05, 0.1) is 5.69 Å². The van der Waals surface area contributed by atoms with Crippen LogP contribution in [0.1, 0.15) is 41.8 Å². The van der Waals surface area contributed by atoms with Crippen molar-refractivity contribution in [3.05, 3.63) is 52.9 Å². The number of aromatic nitrogens is 1. The van der Waals surface area contributed by atoms with E-state index in [0.717, 1.165) is 50.4 Å². The Balaban J connectivity index is 1.39. The third-order valence-corrected chi connectivity index (χ3v) is 5.00. The minimum atomic E-state index is 0.160. The van der Waals surface area contributed by atoms with Gasteiger partial charge in [-0.3, -0.25) is 9.69 Å². The minimum absolute atomic E-state index is 0.160.